The Morgan fingerprint density at radius 2 is 1.59 bits per heavy atom. The summed E-state index contributed by atoms with van der Waals surface area (Å²) in [6.07, 6.45) is 2.02. The minimum absolute atomic E-state index is 0.348. The van der Waals surface area contributed by atoms with Crippen molar-refractivity contribution in [2.24, 2.45) is 0 Å². The van der Waals surface area contributed by atoms with Gasteiger partial charge in [-0.15, -0.1) is 0 Å². The summed E-state index contributed by atoms with van der Waals surface area (Å²) < 4.78 is 0. The number of aromatic carboxylic acids is 1. The molecule has 0 saturated carbocycles. The molecule has 0 fully saturated rings. The molecule has 17 heavy (non-hydrogen) atoms. The molecule has 0 aliphatic heterocycles. The summed E-state index contributed by atoms with van der Waals surface area (Å²) in [4.78, 5) is 11.2. The second-order valence-electron chi connectivity index (χ2n) is 4.49. The number of carbonyl (C=O) groups is 1. The van der Waals surface area contributed by atoms with Crippen LogP contribution in [0.5, 0.6) is 0 Å². The molecule has 0 atom stereocenters. The van der Waals surface area contributed by atoms with E-state index in [1.807, 2.05) is 45.9 Å². The topological polar surface area (TPSA) is 37.3 Å². The van der Waals surface area contributed by atoms with Gasteiger partial charge in [0.2, 0.25) is 0 Å². The third-order valence-corrected chi connectivity index (χ3v) is 2.42. The van der Waals surface area contributed by atoms with Crippen LogP contribution in [-0.2, 0) is 0 Å². The van der Waals surface area contributed by atoms with Gasteiger partial charge in [-0.3, -0.25) is 0 Å². The van der Waals surface area contributed by atoms with Crippen molar-refractivity contribution in [2.45, 2.75) is 27.7 Å². The molecule has 1 N–H and O–H groups in total. The summed E-state index contributed by atoms with van der Waals surface area (Å²) in [5, 5.41) is 9.19. The summed E-state index contributed by atoms with van der Waals surface area (Å²) in [6.45, 7) is 8.00. The summed E-state index contributed by atoms with van der Waals surface area (Å²) in [7, 11) is 0. The SMILES string of the molecule is CC(C)=CC(=C(C)C)c1ccccc1C(=O)O. The molecule has 0 radical (unpaired) electrons. The first-order valence-corrected chi connectivity index (χ1v) is 5.58. The van der Waals surface area contributed by atoms with Crippen molar-refractivity contribution in [3.63, 3.8) is 0 Å². The monoisotopic (exact) mass is 230 g/mol. The Kier molecular flexibility index (Phi) is 4.27. The van der Waals surface area contributed by atoms with E-state index in [4.69, 9.17) is 0 Å². The van der Waals surface area contributed by atoms with E-state index in [0.29, 0.717) is 5.56 Å². The van der Waals surface area contributed by atoms with Crippen LogP contribution in [-0.4, -0.2) is 11.1 Å². The van der Waals surface area contributed by atoms with Crippen molar-refractivity contribution < 1.29 is 9.90 Å². The van der Waals surface area contributed by atoms with E-state index >= 15 is 0 Å². The molecule has 1 aromatic rings. The molecule has 0 saturated heterocycles. The largest absolute Gasteiger partial charge is 0.478 e. The second-order valence-corrected chi connectivity index (χ2v) is 4.49. The molecule has 1 rings (SSSR count). The predicted molar refractivity (Wildman–Crippen MR) is 71.1 cm³/mol. The van der Waals surface area contributed by atoms with E-state index < -0.39 is 5.97 Å². The van der Waals surface area contributed by atoms with Crippen LogP contribution in [0.25, 0.3) is 5.57 Å². The van der Waals surface area contributed by atoms with Gasteiger partial charge >= 0.3 is 5.97 Å². The van der Waals surface area contributed by atoms with Gasteiger partial charge in [0.15, 0.2) is 0 Å². The predicted octanol–water partition coefficient (Wildman–Crippen LogP) is 4.14. The first-order chi connectivity index (χ1) is 7.93. The Labute approximate surface area is 102 Å². The van der Waals surface area contributed by atoms with Gasteiger partial charge in [-0.05, 0) is 44.9 Å². The molecule has 0 aliphatic rings. The van der Waals surface area contributed by atoms with E-state index in [1.165, 1.54) is 0 Å². The van der Waals surface area contributed by atoms with Crippen LogP contribution in [0.1, 0.15) is 43.6 Å². The molecule has 2 heteroatoms. The Bertz CT molecular complexity index is 485. The minimum Gasteiger partial charge on any atom is -0.478 e. The first kappa shape index (κ1) is 13.2. The van der Waals surface area contributed by atoms with Crippen LogP contribution < -0.4 is 0 Å². The van der Waals surface area contributed by atoms with Gasteiger partial charge in [0, 0.05) is 0 Å². The molecule has 1 aromatic carbocycles. The van der Waals surface area contributed by atoms with Gasteiger partial charge in [0.25, 0.3) is 0 Å². The smallest absolute Gasteiger partial charge is 0.336 e. The number of hydrogen-bond acceptors (Lipinski definition) is 1. The number of hydrogen-bond donors (Lipinski definition) is 1. The quantitative estimate of drug-likeness (QED) is 0.792. The molecule has 0 heterocycles. The van der Waals surface area contributed by atoms with Crippen LogP contribution >= 0.6 is 0 Å². The maximum absolute atomic E-state index is 11.2. The van der Waals surface area contributed by atoms with E-state index in [2.05, 4.69) is 0 Å². The van der Waals surface area contributed by atoms with Crippen molar-refractivity contribution in [1.82, 2.24) is 0 Å². The highest BCUT2D eigenvalue weighted by molar-refractivity contribution is 5.96. The van der Waals surface area contributed by atoms with E-state index in [-0.39, 0.29) is 0 Å². The second kappa shape index (κ2) is 5.48. The van der Waals surface area contributed by atoms with Gasteiger partial charge in [0.05, 0.1) is 5.56 Å². The number of benzene rings is 1. The highest BCUT2D eigenvalue weighted by Crippen LogP contribution is 2.25. The van der Waals surface area contributed by atoms with E-state index in [1.54, 1.807) is 12.1 Å². The molecule has 0 amide bonds. The Morgan fingerprint density at radius 1 is 1.06 bits per heavy atom. The number of carboxylic acids is 1. The summed E-state index contributed by atoms with van der Waals surface area (Å²) in [5.41, 5.74) is 4.38. The zero-order chi connectivity index (χ0) is 13.0. The molecule has 2 nitrogen and oxygen atoms in total. The van der Waals surface area contributed by atoms with Crippen molar-refractivity contribution in [1.29, 1.82) is 0 Å². The highest BCUT2D eigenvalue weighted by Gasteiger charge is 2.12. The fourth-order valence-corrected chi connectivity index (χ4v) is 1.68. The zero-order valence-electron chi connectivity index (χ0n) is 10.7. The van der Waals surface area contributed by atoms with Crippen molar-refractivity contribution in [2.75, 3.05) is 0 Å². The van der Waals surface area contributed by atoms with Crippen molar-refractivity contribution in [3.8, 4) is 0 Å². The van der Waals surface area contributed by atoms with Crippen LogP contribution in [0.4, 0.5) is 0 Å². The third-order valence-electron chi connectivity index (χ3n) is 2.42. The van der Waals surface area contributed by atoms with Crippen molar-refractivity contribution >= 4 is 11.5 Å². The lowest BCUT2D eigenvalue weighted by atomic mass is 9.95. The molecule has 0 unspecified atom stereocenters. The summed E-state index contributed by atoms with van der Waals surface area (Å²) in [5.74, 6) is -0.887. The molecular formula is C15H18O2. The number of allylic oxidation sites excluding steroid dienone is 4. The maximum atomic E-state index is 11.2. The maximum Gasteiger partial charge on any atom is 0.336 e. The fourth-order valence-electron chi connectivity index (χ4n) is 1.68. The lowest BCUT2D eigenvalue weighted by molar-refractivity contribution is 0.0696. The first-order valence-electron chi connectivity index (χ1n) is 5.58. The van der Waals surface area contributed by atoms with Gasteiger partial charge in [-0.2, -0.15) is 0 Å². The Balaban J connectivity index is 3.46. The van der Waals surface area contributed by atoms with Crippen molar-refractivity contribution in [3.05, 3.63) is 52.6 Å². The third kappa shape index (κ3) is 3.31. The summed E-state index contributed by atoms with van der Waals surface area (Å²) in [6, 6.07) is 7.10. The molecule has 0 aromatic heterocycles. The average Bonchev–Trinajstić information content (AvgIpc) is 2.25. The van der Waals surface area contributed by atoms with Crippen LogP contribution in [0, 0.1) is 0 Å². The number of rotatable bonds is 3. The highest BCUT2D eigenvalue weighted by atomic mass is 16.4. The standard InChI is InChI=1S/C15H18O2/c1-10(2)9-14(11(3)4)12-7-5-6-8-13(12)15(16)17/h5-9H,1-4H3,(H,16,17). The van der Waals surface area contributed by atoms with Gasteiger partial charge in [0.1, 0.15) is 0 Å². The number of carboxylic acid groups (broad SMARTS) is 1. The van der Waals surface area contributed by atoms with E-state index in [9.17, 15) is 9.90 Å². The molecule has 0 aliphatic carbocycles. The van der Waals surface area contributed by atoms with Crippen LogP contribution in [0.2, 0.25) is 0 Å². The molecule has 90 valence electrons. The average molecular weight is 230 g/mol. The Morgan fingerprint density at radius 3 is 2.00 bits per heavy atom. The Hall–Kier alpha value is -1.83. The summed E-state index contributed by atoms with van der Waals surface area (Å²) >= 11 is 0. The van der Waals surface area contributed by atoms with Gasteiger partial charge in [-0.25, -0.2) is 4.79 Å². The minimum atomic E-state index is -0.887. The molecule has 0 spiro atoms. The fraction of sp³-hybridized carbons (Fsp3) is 0.267. The van der Waals surface area contributed by atoms with Gasteiger partial charge in [-0.1, -0.05) is 35.4 Å². The van der Waals surface area contributed by atoms with E-state index in [0.717, 1.165) is 22.3 Å². The van der Waals surface area contributed by atoms with Gasteiger partial charge < -0.3 is 5.11 Å². The van der Waals surface area contributed by atoms with Crippen LogP contribution in [0.3, 0.4) is 0 Å². The zero-order valence-corrected chi connectivity index (χ0v) is 10.7. The molecular weight excluding hydrogens is 212 g/mol. The van der Waals surface area contributed by atoms with Crippen LogP contribution in [0.15, 0.2) is 41.5 Å². The lowest BCUT2D eigenvalue weighted by Gasteiger charge is -2.10. The molecule has 0 bridgehead atoms. The lowest BCUT2D eigenvalue weighted by Crippen LogP contribution is -2.01. The normalized spacial score (nSPS) is 9.65.